The number of hydrogen-bond donors (Lipinski definition) is 1. The lowest BCUT2D eigenvalue weighted by Crippen LogP contribution is -2.31. The van der Waals surface area contributed by atoms with E-state index in [-0.39, 0.29) is 12.5 Å². The number of aliphatic carboxylic acids is 1. The smallest absolute Gasteiger partial charge is 0.331 e. The first-order valence-electron chi connectivity index (χ1n) is 12.5. The molecule has 190 valence electrons. The molecular formula is C31H32N2O4. The molecule has 0 radical (unpaired) electrons. The molecule has 4 aromatic rings. The van der Waals surface area contributed by atoms with Crippen LogP contribution in [0.2, 0.25) is 0 Å². The number of nitrogens with zero attached hydrogens (tertiary/aromatic N) is 2. The monoisotopic (exact) mass is 496 g/mol. The first kappa shape index (κ1) is 25.8. The van der Waals surface area contributed by atoms with Crippen LogP contribution in [0.5, 0.6) is 5.75 Å². The Labute approximate surface area is 217 Å². The van der Waals surface area contributed by atoms with Gasteiger partial charge in [0.25, 0.3) is 0 Å². The Morgan fingerprint density at radius 3 is 2.30 bits per heavy atom. The van der Waals surface area contributed by atoms with Crippen molar-refractivity contribution in [1.82, 2.24) is 9.47 Å². The van der Waals surface area contributed by atoms with Crippen LogP contribution in [0.3, 0.4) is 0 Å². The van der Waals surface area contributed by atoms with Crippen LogP contribution in [0.4, 0.5) is 0 Å². The number of carbonyl (C=O) groups is 2. The summed E-state index contributed by atoms with van der Waals surface area (Å²) in [5.74, 6) is -0.276. The van der Waals surface area contributed by atoms with Crippen LogP contribution < -0.4 is 4.74 Å². The predicted octanol–water partition coefficient (Wildman–Crippen LogP) is 5.80. The molecule has 0 saturated heterocycles. The van der Waals surface area contributed by atoms with Crippen molar-refractivity contribution in [2.24, 2.45) is 0 Å². The lowest BCUT2D eigenvalue weighted by molar-refractivity contribution is -0.133. The Hall–Kier alpha value is -4.32. The lowest BCUT2D eigenvalue weighted by Gasteiger charge is -2.18. The summed E-state index contributed by atoms with van der Waals surface area (Å²) in [6, 6.07) is 25.7. The van der Waals surface area contributed by atoms with E-state index in [2.05, 4.69) is 12.1 Å². The van der Waals surface area contributed by atoms with Gasteiger partial charge in [-0.1, -0.05) is 67.6 Å². The van der Waals surface area contributed by atoms with Crippen molar-refractivity contribution in [2.45, 2.75) is 32.9 Å². The van der Waals surface area contributed by atoms with Crippen LogP contribution in [-0.4, -0.2) is 40.0 Å². The van der Waals surface area contributed by atoms with Crippen LogP contribution in [0.25, 0.3) is 17.0 Å². The van der Waals surface area contributed by atoms with Crippen molar-refractivity contribution in [3.8, 4) is 5.75 Å². The highest BCUT2D eigenvalue weighted by Gasteiger charge is 2.16. The SMILES string of the molecule is CC/C(=C\c1cn(CC(=O)N(C)CCc2ccccc2)c2ccc(OCc3ccccc3)cc12)C(=O)O. The van der Waals surface area contributed by atoms with Crippen molar-refractivity contribution < 1.29 is 19.4 Å². The molecular weight excluding hydrogens is 464 g/mol. The largest absolute Gasteiger partial charge is 0.489 e. The summed E-state index contributed by atoms with van der Waals surface area (Å²) >= 11 is 0. The number of aromatic nitrogens is 1. The molecule has 3 aromatic carbocycles. The van der Waals surface area contributed by atoms with Gasteiger partial charge < -0.3 is 19.3 Å². The molecule has 0 bridgehead atoms. The average Bonchev–Trinajstić information content (AvgIpc) is 3.26. The third-order valence-corrected chi connectivity index (χ3v) is 6.43. The second-order valence-electron chi connectivity index (χ2n) is 9.04. The Bertz CT molecular complexity index is 1390. The van der Waals surface area contributed by atoms with Gasteiger partial charge in [-0.3, -0.25) is 4.79 Å². The molecule has 6 heteroatoms. The number of carboxylic acids is 1. The standard InChI is InChI=1S/C31H32N2O4/c1-3-25(31(35)36)18-26-20-33(21-30(34)32(2)17-16-23-10-6-4-7-11-23)29-15-14-27(19-28(26)29)37-22-24-12-8-5-9-13-24/h4-15,18-20H,3,16-17,21-22H2,1-2H3,(H,35,36)/b25-18+. The zero-order valence-electron chi connectivity index (χ0n) is 21.3. The summed E-state index contributed by atoms with van der Waals surface area (Å²) in [6.07, 6.45) is 4.72. The second kappa shape index (κ2) is 12.1. The highest BCUT2D eigenvalue weighted by molar-refractivity contribution is 5.98. The Kier molecular flexibility index (Phi) is 8.41. The highest BCUT2D eigenvalue weighted by atomic mass is 16.5. The molecule has 1 amide bonds. The number of carboxylic acid groups (broad SMARTS) is 1. The van der Waals surface area contributed by atoms with Gasteiger partial charge >= 0.3 is 5.97 Å². The van der Waals surface area contributed by atoms with E-state index in [1.165, 1.54) is 5.56 Å². The fraction of sp³-hybridized carbons (Fsp3) is 0.226. The summed E-state index contributed by atoms with van der Waals surface area (Å²) in [5, 5.41) is 10.4. The Morgan fingerprint density at radius 1 is 0.973 bits per heavy atom. The molecule has 4 rings (SSSR count). The lowest BCUT2D eigenvalue weighted by atomic mass is 10.1. The quantitative estimate of drug-likeness (QED) is 0.267. The third-order valence-electron chi connectivity index (χ3n) is 6.43. The van der Waals surface area contributed by atoms with Gasteiger partial charge in [-0.25, -0.2) is 4.79 Å². The number of likely N-dealkylation sites (N-methyl/N-ethyl adjacent to an activating group) is 1. The van der Waals surface area contributed by atoms with E-state index in [0.29, 0.717) is 30.9 Å². The number of ether oxygens (including phenoxy) is 1. The normalized spacial score (nSPS) is 11.5. The van der Waals surface area contributed by atoms with Gasteiger partial charge in [-0.15, -0.1) is 0 Å². The molecule has 1 N–H and O–H groups in total. The number of hydrogen-bond acceptors (Lipinski definition) is 3. The zero-order chi connectivity index (χ0) is 26.2. The van der Waals surface area contributed by atoms with Crippen molar-refractivity contribution in [3.63, 3.8) is 0 Å². The van der Waals surface area contributed by atoms with E-state index < -0.39 is 5.97 Å². The summed E-state index contributed by atoms with van der Waals surface area (Å²) in [4.78, 5) is 26.5. The minimum absolute atomic E-state index is 0.0123. The summed E-state index contributed by atoms with van der Waals surface area (Å²) in [6.45, 7) is 3.02. The van der Waals surface area contributed by atoms with Gasteiger partial charge in [0.1, 0.15) is 18.9 Å². The van der Waals surface area contributed by atoms with Crippen LogP contribution in [-0.2, 0) is 29.2 Å². The molecule has 0 fully saturated rings. The van der Waals surface area contributed by atoms with Gasteiger partial charge in [0.2, 0.25) is 5.91 Å². The van der Waals surface area contributed by atoms with Crippen molar-refractivity contribution in [1.29, 1.82) is 0 Å². The van der Waals surface area contributed by atoms with E-state index in [4.69, 9.17) is 4.74 Å². The fourth-order valence-corrected chi connectivity index (χ4v) is 4.22. The Morgan fingerprint density at radius 2 is 1.65 bits per heavy atom. The first-order chi connectivity index (χ1) is 17.9. The first-order valence-corrected chi connectivity index (χ1v) is 12.5. The molecule has 0 unspecified atom stereocenters. The summed E-state index contributed by atoms with van der Waals surface area (Å²) < 4.78 is 7.90. The molecule has 0 aliphatic heterocycles. The van der Waals surface area contributed by atoms with Gasteiger partial charge in [-0.2, -0.15) is 0 Å². The van der Waals surface area contributed by atoms with Crippen LogP contribution in [0.15, 0.2) is 90.6 Å². The fourth-order valence-electron chi connectivity index (χ4n) is 4.22. The summed E-state index contributed by atoms with van der Waals surface area (Å²) in [5.41, 5.74) is 4.15. The van der Waals surface area contributed by atoms with Crippen LogP contribution >= 0.6 is 0 Å². The average molecular weight is 497 g/mol. The van der Waals surface area contributed by atoms with Crippen LogP contribution in [0, 0.1) is 0 Å². The van der Waals surface area contributed by atoms with E-state index in [1.807, 2.05) is 91.5 Å². The van der Waals surface area contributed by atoms with E-state index >= 15 is 0 Å². The maximum absolute atomic E-state index is 13.1. The molecule has 0 atom stereocenters. The second-order valence-corrected chi connectivity index (χ2v) is 9.04. The molecule has 0 aliphatic rings. The number of carbonyl (C=O) groups excluding carboxylic acids is 1. The minimum Gasteiger partial charge on any atom is -0.489 e. The summed E-state index contributed by atoms with van der Waals surface area (Å²) in [7, 11) is 1.81. The Balaban J connectivity index is 1.58. The molecule has 1 heterocycles. The zero-order valence-corrected chi connectivity index (χ0v) is 21.3. The molecule has 0 spiro atoms. The maximum atomic E-state index is 13.1. The molecule has 37 heavy (non-hydrogen) atoms. The van der Waals surface area contributed by atoms with E-state index in [9.17, 15) is 14.7 Å². The minimum atomic E-state index is -0.948. The molecule has 6 nitrogen and oxygen atoms in total. The maximum Gasteiger partial charge on any atom is 0.331 e. The van der Waals surface area contributed by atoms with Crippen molar-refractivity contribution >= 4 is 28.9 Å². The van der Waals surface area contributed by atoms with E-state index in [0.717, 1.165) is 28.5 Å². The number of fused-ring (bicyclic) bond motifs is 1. The van der Waals surface area contributed by atoms with Crippen molar-refractivity contribution in [3.05, 3.63) is 107 Å². The number of rotatable bonds is 11. The predicted molar refractivity (Wildman–Crippen MR) is 146 cm³/mol. The topological polar surface area (TPSA) is 71.8 Å². The number of amides is 1. The third kappa shape index (κ3) is 6.67. The van der Waals surface area contributed by atoms with Gasteiger partial charge in [-0.05, 0) is 48.2 Å². The van der Waals surface area contributed by atoms with Crippen LogP contribution in [0.1, 0.15) is 30.0 Å². The molecule has 0 aliphatic carbocycles. The molecule has 1 aromatic heterocycles. The number of benzene rings is 3. The van der Waals surface area contributed by atoms with E-state index in [1.54, 1.807) is 11.0 Å². The van der Waals surface area contributed by atoms with Gasteiger partial charge in [0, 0.05) is 41.8 Å². The molecule has 0 saturated carbocycles. The van der Waals surface area contributed by atoms with Crippen molar-refractivity contribution in [2.75, 3.05) is 13.6 Å². The van der Waals surface area contributed by atoms with Gasteiger partial charge in [0.05, 0.1) is 0 Å². The van der Waals surface area contributed by atoms with Gasteiger partial charge in [0.15, 0.2) is 0 Å². The highest BCUT2D eigenvalue weighted by Crippen LogP contribution is 2.29.